The third-order valence-electron chi connectivity index (χ3n) is 5.37. The lowest BCUT2D eigenvalue weighted by Crippen LogP contribution is -2.49. The molecule has 0 unspecified atom stereocenters. The highest BCUT2D eigenvalue weighted by molar-refractivity contribution is 7.89. The van der Waals surface area contributed by atoms with Gasteiger partial charge in [0, 0.05) is 18.7 Å². The van der Waals surface area contributed by atoms with Gasteiger partial charge in [0.15, 0.2) is 0 Å². The molecule has 1 atom stereocenters. The van der Waals surface area contributed by atoms with Crippen molar-refractivity contribution in [3.05, 3.63) is 77.9 Å². The molecule has 31 heavy (non-hydrogen) atoms. The second-order valence-corrected chi connectivity index (χ2v) is 9.42. The summed E-state index contributed by atoms with van der Waals surface area (Å²) in [6.07, 6.45) is 0. The average molecular weight is 438 g/mol. The van der Waals surface area contributed by atoms with Crippen LogP contribution in [0.3, 0.4) is 0 Å². The van der Waals surface area contributed by atoms with Crippen molar-refractivity contribution in [3.63, 3.8) is 0 Å². The number of rotatable bonds is 5. The van der Waals surface area contributed by atoms with Crippen molar-refractivity contribution in [2.24, 2.45) is 0 Å². The quantitative estimate of drug-likeness (QED) is 0.641. The Labute approximate surface area is 181 Å². The van der Waals surface area contributed by atoms with Crippen molar-refractivity contribution in [1.82, 2.24) is 14.9 Å². The Hall–Kier alpha value is -3.23. The SMILES string of the molecule is C[C@H](NC(=O)c1cccc(S(=O)(=O)N2CCNC(=O)C2)c1)c1cccc2ccccc12. The average Bonchev–Trinajstić information content (AvgIpc) is 2.78. The number of sulfonamides is 1. The summed E-state index contributed by atoms with van der Waals surface area (Å²) in [6, 6.07) is 19.5. The molecule has 1 aliphatic rings. The van der Waals surface area contributed by atoms with Crippen molar-refractivity contribution in [1.29, 1.82) is 0 Å². The highest BCUT2D eigenvalue weighted by Gasteiger charge is 2.29. The molecule has 0 aromatic heterocycles. The van der Waals surface area contributed by atoms with Gasteiger partial charge in [-0.25, -0.2) is 8.42 Å². The Morgan fingerprint density at radius 1 is 1.06 bits per heavy atom. The van der Waals surface area contributed by atoms with E-state index in [2.05, 4.69) is 10.6 Å². The van der Waals surface area contributed by atoms with Crippen LogP contribution in [0.1, 0.15) is 28.9 Å². The molecule has 0 saturated carbocycles. The fraction of sp³-hybridized carbons (Fsp3) is 0.217. The molecule has 0 bridgehead atoms. The van der Waals surface area contributed by atoms with Gasteiger partial charge in [-0.1, -0.05) is 48.5 Å². The van der Waals surface area contributed by atoms with Gasteiger partial charge < -0.3 is 10.6 Å². The number of amides is 2. The zero-order valence-electron chi connectivity index (χ0n) is 17.0. The van der Waals surface area contributed by atoms with E-state index in [1.54, 1.807) is 6.07 Å². The number of carbonyl (C=O) groups is 2. The highest BCUT2D eigenvalue weighted by atomic mass is 32.2. The molecule has 0 spiro atoms. The molecule has 3 aromatic rings. The first-order valence-corrected chi connectivity index (χ1v) is 11.5. The first-order chi connectivity index (χ1) is 14.9. The number of fused-ring (bicyclic) bond motifs is 1. The molecule has 0 aliphatic carbocycles. The van der Waals surface area contributed by atoms with Gasteiger partial charge in [-0.3, -0.25) is 9.59 Å². The van der Waals surface area contributed by atoms with Crippen LogP contribution < -0.4 is 10.6 Å². The molecule has 1 heterocycles. The molecule has 1 aliphatic heterocycles. The van der Waals surface area contributed by atoms with E-state index in [-0.39, 0.29) is 47.9 Å². The van der Waals surface area contributed by atoms with E-state index >= 15 is 0 Å². The van der Waals surface area contributed by atoms with Gasteiger partial charge in [-0.15, -0.1) is 0 Å². The van der Waals surface area contributed by atoms with Crippen molar-refractivity contribution in [3.8, 4) is 0 Å². The second-order valence-electron chi connectivity index (χ2n) is 7.48. The van der Waals surface area contributed by atoms with Gasteiger partial charge in [0.05, 0.1) is 17.5 Å². The minimum absolute atomic E-state index is 0.00679. The summed E-state index contributed by atoms with van der Waals surface area (Å²) in [5.74, 6) is -0.707. The maximum absolute atomic E-state index is 12.9. The summed E-state index contributed by atoms with van der Waals surface area (Å²) in [7, 11) is -3.87. The van der Waals surface area contributed by atoms with Crippen LogP contribution in [0, 0.1) is 0 Å². The van der Waals surface area contributed by atoms with Gasteiger partial charge >= 0.3 is 0 Å². The predicted molar refractivity (Wildman–Crippen MR) is 118 cm³/mol. The summed E-state index contributed by atoms with van der Waals surface area (Å²) >= 11 is 0. The van der Waals surface area contributed by atoms with Crippen molar-refractivity contribution in [2.75, 3.05) is 19.6 Å². The van der Waals surface area contributed by atoms with E-state index in [0.29, 0.717) is 0 Å². The second kappa shape index (κ2) is 8.49. The van der Waals surface area contributed by atoms with E-state index in [0.717, 1.165) is 20.6 Å². The van der Waals surface area contributed by atoms with Crippen molar-refractivity contribution >= 4 is 32.6 Å². The fourth-order valence-corrected chi connectivity index (χ4v) is 5.20. The third kappa shape index (κ3) is 4.30. The number of nitrogens with one attached hydrogen (secondary N) is 2. The summed E-state index contributed by atoms with van der Waals surface area (Å²) in [5.41, 5.74) is 1.23. The molecule has 160 valence electrons. The van der Waals surface area contributed by atoms with Gasteiger partial charge in [-0.2, -0.15) is 4.31 Å². The van der Waals surface area contributed by atoms with E-state index < -0.39 is 10.0 Å². The summed E-state index contributed by atoms with van der Waals surface area (Å²) in [4.78, 5) is 24.5. The molecular formula is C23H23N3O4S. The van der Waals surface area contributed by atoms with Crippen LogP contribution in [0.5, 0.6) is 0 Å². The van der Waals surface area contributed by atoms with Crippen LogP contribution >= 0.6 is 0 Å². The third-order valence-corrected chi connectivity index (χ3v) is 7.22. The lowest BCUT2D eigenvalue weighted by Gasteiger charge is -2.26. The lowest BCUT2D eigenvalue weighted by atomic mass is 9.99. The number of piperazine rings is 1. The van der Waals surface area contributed by atoms with Crippen LogP contribution in [0.2, 0.25) is 0 Å². The van der Waals surface area contributed by atoms with Crippen LogP contribution in [-0.2, 0) is 14.8 Å². The van der Waals surface area contributed by atoms with Crippen LogP contribution in [0.25, 0.3) is 10.8 Å². The molecular weight excluding hydrogens is 414 g/mol. The van der Waals surface area contributed by atoms with Gasteiger partial charge in [0.25, 0.3) is 5.91 Å². The predicted octanol–water partition coefficient (Wildman–Crippen LogP) is 2.45. The van der Waals surface area contributed by atoms with Gasteiger partial charge in [-0.05, 0) is 41.5 Å². The molecule has 7 nitrogen and oxygen atoms in total. The molecule has 1 saturated heterocycles. The Morgan fingerprint density at radius 3 is 2.61 bits per heavy atom. The lowest BCUT2D eigenvalue weighted by molar-refractivity contribution is -0.122. The first kappa shape index (κ1) is 21.0. The zero-order chi connectivity index (χ0) is 22.0. The summed E-state index contributed by atoms with van der Waals surface area (Å²) < 4.78 is 27.0. The largest absolute Gasteiger partial charge is 0.354 e. The van der Waals surface area contributed by atoms with E-state index in [4.69, 9.17) is 0 Å². The molecule has 2 amide bonds. The van der Waals surface area contributed by atoms with Crippen LogP contribution in [0.15, 0.2) is 71.6 Å². The maximum Gasteiger partial charge on any atom is 0.251 e. The topological polar surface area (TPSA) is 95.6 Å². The van der Waals surface area contributed by atoms with Crippen molar-refractivity contribution < 1.29 is 18.0 Å². The van der Waals surface area contributed by atoms with Gasteiger partial charge in [0.2, 0.25) is 15.9 Å². The Morgan fingerprint density at radius 2 is 1.81 bits per heavy atom. The molecule has 4 rings (SSSR count). The fourth-order valence-electron chi connectivity index (χ4n) is 3.75. The number of hydrogen-bond donors (Lipinski definition) is 2. The van der Waals surface area contributed by atoms with Crippen LogP contribution in [0.4, 0.5) is 0 Å². The zero-order valence-corrected chi connectivity index (χ0v) is 17.9. The number of benzene rings is 3. The Kier molecular flexibility index (Phi) is 5.75. The number of nitrogens with zero attached hydrogens (tertiary/aromatic N) is 1. The molecule has 8 heteroatoms. The Balaban J connectivity index is 1.56. The monoisotopic (exact) mass is 437 g/mol. The first-order valence-electron chi connectivity index (χ1n) is 10.0. The minimum atomic E-state index is -3.87. The minimum Gasteiger partial charge on any atom is -0.354 e. The Bertz CT molecular complexity index is 1250. The number of hydrogen-bond acceptors (Lipinski definition) is 4. The normalized spacial score (nSPS) is 16.0. The molecule has 0 radical (unpaired) electrons. The van der Waals surface area contributed by atoms with Crippen LogP contribution in [-0.4, -0.2) is 44.2 Å². The molecule has 3 aromatic carbocycles. The summed E-state index contributed by atoms with van der Waals surface area (Å²) in [6.45, 7) is 2.13. The van der Waals surface area contributed by atoms with E-state index in [1.165, 1.54) is 18.2 Å². The van der Waals surface area contributed by atoms with E-state index in [1.807, 2.05) is 49.4 Å². The number of carbonyl (C=O) groups excluding carboxylic acids is 2. The maximum atomic E-state index is 12.9. The smallest absolute Gasteiger partial charge is 0.251 e. The van der Waals surface area contributed by atoms with Gasteiger partial charge in [0.1, 0.15) is 0 Å². The molecule has 1 fully saturated rings. The van der Waals surface area contributed by atoms with Crippen molar-refractivity contribution in [2.45, 2.75) is 17.9 Å². The summed E-state index contributed by atoms with van der Waals surface area (Å²) in [5, 5.41) is 7.70. The highest BCUT2D eigenvalue weighted by Crippen LogP contribution is 2.25. The van der Waals surface area contributed by atoms with E-state index in [9.17, 15) is 18.0 Å². The standard InChI is InChI=1S/C23H23N3O4S/c1-16(20-11-5-7-17-6-2-3-10-21(17)20)25-23(28)18-8-4-9-19(14-18)31(29,30)26-13-12-24-22(27)15-26/h2-11,14,16H,12-13,15H2,1H3,(H,24,27)(H,25,28)/t16-/m0/s1. The molecule has 2 N–H and O–H groups in total.